The molecule has 1 aliphatic heterocycles. The lowest BCUT2D eigenvalue weighted by Gasteiger charge is -2.23. The van der Waals surface area contributed by atoms with Crippen molar-refractivity contribution in [3.05, 3.63) is 0 Å². The summed E-state index contributed by atoms with van der Waals surface area (Å²) in [6, 6.07) is -0.230. The molecule has 0 radical (unpaired) electrons. The van der Waals surface area contributed by atoms with Crippen LogP contribution in [0.5, 0.6) is 0 Å². The molecule has 7 nitrogen and oxygen atoms in total. The molecule has 1 atom stereocenters. The van der Waals surface area contributed by atoms with Crippen LogP contribution in [0.25, 0.3) is 0 Å². The molecule has 0 aliphatic carbocycles. The molecule has 0 aromatic heterocycles. The second kappa shape index (κ2) is 6.14. The third-order valence-corrected chi connectivity index (χ3v) is 2.87. The standard InChI is InChI=1S/C8H18N4O3S/c1-16(14,15)12-5-4-11-8(13)7-6-9-2-3-10-7/h7,9-10,12H,2-6H2,1H3,(H,11,13). The highest BCUT2D eigenvalue weighted by atomic mass is 32.2. The zero-order valence-corrected chi connectivity index (χ0v) is 10.1. The number of carbonyl (C=O) groups excluding carboxylic acids is 1. The second-order valence-corrected chi connectivity index (χ2v) is 5.50. The minimum atomic E-state index is -3.18. The molecular weight excluding hydrogens is 232 g/mol. The van der Waals surface area contributed by atoms with Crippen LogP contribution in [0.3, 0.4) is 0 Å². The average molecular weight is 250 g/mol. The number of carbonyl (C=O) groups is 1. The topological polar surface area (TPSA) is 99.3 Å². The van der Waals surface area contributed by atoms with Gasteiger partial charge in [0.1, 0.15) is 0 Å². The molecule has 0 bridgehead atoms. The van der Waals surface area contributed by atoms with Crippen molar-refractivity contribution >= 4 is 15.9 Å². The Balaban J connectivity index is 2.14. The van der Waals surface area contributed by atoms with Gasteiger partial charge in [-0.2, -0.15) is 0 Å². The predicted molar refractivity (Wildman–Crippen MR) is 60.5 cm³/mol. The highest BCUT2D eigenvalue weighted by Gasteiger charge is 2.19. The number of nitrogens with one attached hydrogen (secondary N) is 4. The number of rotatable bonds is 5. The number of sulfonamides is 1. The summed E-state index contributed by atoms with van der Waals surface area (Å²) in [5, 5.41) is 8.81. The number of piperazine rings is 1. The van der Waals surface area contributed by atoms with E-state index in [1.807, 2.05) is 0 Å². The molecule has 1 amide bonds. The van der Waals surface area contributed by atoms with Crippen molar-refractivity contribution in [2.75, 3.05) is 39.0 Å². The molecular formula is C8H18N4O3S. The molecule has 1 rings (SSSR count). The van der Waals surface area contributed by atoms with Crippen LogP contribution in [-0.2, 0) is 14.8 Å². The minimum Gasteiger partial charge on any atom is -0.353 e. The molecule has 8 heteroatoms. The fourth-order valence-corrected chi connectivity index (χ4v) is 1.86. The molecule has 4 N–H and O–H groups in total. The number of hydrogen-bond donors (Lipinski definition) is 4. The van der Waals surface area contributed by atoms with E-state index in [9.17, 15) is 13.2 Å². The first-order chi connectivity index (χ1) is 7.49. The summed E-state index contributed by atoms with van der Waals surface area (Å²) in [6.07, 6.45) is 1.08. The molecule has 0 aromatic rings. The van der Waals surface area contributed by atoms with Crippen LogP contribution in [0.4, 0.5) is 0 Å². The van der Waals surface area contributed by atoms with Crippen molar-refractivity contribution in [1.29, 1.82) is 0 Å². The summed E-state index contributed by atoms with van der Waals surface area (Å²) in [4.78, 5) is 11.5. The third kappa shape index (κ3) is 5.40. The van der Waals surface area contributed by atoms with E-state index < -0.39 is 10.0 Å². The van der Waals surface area contributed by atoms with E-state index in [2.05, 4.69) is 20.7 Å². The Morgan fingerprint density at radius 3 is 2.69 bits per heavy atom. The van der Waals surface area contributed by atoms with Crippen molar-refractivity contribution in [2.24, 2.45) is 0 Å². The first-order valence-electron chi connectivity index (χ1n) is 5.15. The van der Waals surface area contributed by atoms with Gasteiger partial charge in [0.2, 0.25) is 15.9 Å². The SMILES string of the molecule is CS(=O)(=O)NCCNC(=O)C1CNCCN1. The van der Waals surface area contributed by atoms with E-state index in [0.29, 0.717) is 13.1 Å². The van der Waals surface area contributed by atoms with Crippen molar-refractivity contribution in [2.45, 2.75) is 6.04 Å². The van der Waals surface area contributed by atoms with Gasteiger partial charge < -0.3 is 16.0 Å². The van der Waals surface area contributed by atoms with Crippen molar-refractivity contribution in [3.8, 4) is 0 Å². The van der Waals surface area contributed by atoms with Crippen LogP contribution in [0.15, 0.2) is 0 Å². The Hall–Kier alpha value is -0.700. The summed E-state index contributed by atoms with van der Waals surface area (Å²) >= 11 is 0. The molecule has 0 aromatic carbocycles. The van der Waals surface area contributed by atoms with Crippen LogP contribution in [0.2, 0.25) is 0 Å². The Bertz CT molecular complexity index is 324. The summed E-state index contributed by atoms with van der Waals surface area (Å²) in [5.41, 5.74) is 0. The fourth-order valence-electron chi connectivity index (χ4n) is 1.38. The Labute approximate surface area is 95.4 Å². The highest BCUT2D eigenvalue weighted by Crippen LogP contribution is 1.86. The Morgan fingerprint density at radius 1 is 1.38 bits per heavy atom. The zero-order chi connectivity index (χ0) is 12.0. The monoisotopic (exact) mass is 250 g/mol. The second-order valence-electron chi connectivity index (χ2n) is 3.67. The van der Waals surface area contributed by atoms with Gasteiger partial charge in [-0.1, -0.05) is 0 Å². The largest absolute Gasteiger partial charge is 0.353 e. The smallest absolute Gasteiger partial charge is 0.238 e. The zero-order valence-electron chi connectivity index (χ0n) is 9.25. The predicted octanol–water partition coefficient (Wildman–Crippen LogP) is -2.79. The van der Waals surface area contributed by atoms with Gasteiger partial charge in [-0.15, -0.1) is 0 Å². The molecule has 1 saturated heterocycles. The number of amides is 1. The first-order valence-corrected chi connectivity index (χ1v) is 7.04. The molecule has 0 spiro atoms. The van der Waals surface area contributed by atoms with Crippen LogP contribution in [0.1, 0.15) is 0 Å². The van der Waals surface area contributed by atoms with Gasteiger partial charge in [-0.05, 0) is 0 Å². The maximum atomic E-state index is 11.5. The van der Waals surface area contributed by atoms with E-state index in [0.717, 1.165) is 19.3 Å². The lowest BCUT2D eigenvalue weighted by Crippen LogP contribution is -2.56. The van der Waals surface area contributed by atoms with Crippen LogP contribution < -0.4 is 20.7 Å². The number of hydrogen-bond acceptors (Lipinski definition) is 5. The quantitative estimate of drug-likeness (QED) is 0.395. The van der Waals surface area contributed by atoms with Gasteiger partial charge in [0, 0.05) is 32.7 Å². The van der Waals surface area contributed by atoms with E-state index >= 15 is 0 Å². The maximum Gasteiger partial charge on any atom is 0.238 e. The van der Waals surface area contributed by atoms with Gasteiger partial charge in [-0.25, -0.2) is 13.1 Å². The average Bonchev–Trinajstić information content (AvgIpc) is 2.24. The van der Waals surface area contributed by atoms with Gasteiger partial charge in [-0.3, -0.25) is 4.79 Å². The maximum absolute atomic E-state index is 11.5. The van der Waals surface area contributed by atoms with Gasteiger partial charge >= 0.3 is 0 Å². The summed E-state index contributed by atoms with van der Waals surface area (Å²) in [7, 11) is -3.18. The van der Waals surface area contributed by atoms with E-state index in [-0.39, 0.29) is 18.5 Å². The molecule has 1 fully saturated rings. The van der Waals surface area contributed by atoms with E-state index in [1.165, 1.54) is 0 Å². The van der Waals surface area contributed by atoms with E-state index in [4.69, 9.17) is 0 Å². The van der Waals surface area contributed by atoms with Crippen molar-refractivity contribution in [1.82, 2.24) is 20.7 Å². The lowest BCUT2D eigenvalue weighted by molar-refractivity contribution is -0.123. The third-order valence-electron chi connectivity index (χ3n) is 2.15. The molecule has 16 heavy (non-hydrogen) atoms. The van der Waals surface area contributed by atoms with Gasteiger partial charge in [0.15, 0.2) is 0 Å². The molecule has 0 saturated carbocycles. The van der Waals surface area contributed by atoms with Crippen molar-refractivity contribution in [3.63, 3.8) is 0 Å². The highest BCUT2D eigenvalue weighted by molar-refractivity contribution is 7.88. The molecule has 1 aliphatic rings. The Kier molecular flexibility index (Phi) is 5.13. The van der Waals surface area contributed by atoms with Crippen LogP contribution >= 0.6 is 0 Å². The van der Waals surface area contributed by atoms with E-state index in [1.54, 1.807) is 0 Å². The van der Waals surface area contributed by atoms with Crippen LogP contribution in [-0.4, -0.2) is 59.3 Å². The van der Waals surface area contributed by atoms with Gasteiger partial charge in [0.25, 0.3) is 0 Å². The summed E-state index contributed by atoms with van der Waals surface area (Å²) in [6.45, 7) is 2.74. The molecule has 94 valence electrons. The van der Waals surface area contributed by atoms with Crippen molar-refractivity contribution < 1.29 is 13.2 Å². The lowest BCUT2D eigenvalue weighted by atomic mass is 10.2. The van der Waals surface area contributed by atoms with Gasteiger partial charge in [0.05, 0.1) is 12.3 Å². The first kappa shape index (κ1) is 13.4. The fraction of sp³-hybridized carbons (Fsp3) is 0.875. The normalized spacial score (nSPS) is 21.7. The Morgan fingerprint density at radius 2 is 2.12 bits per heavy atom. The summed E-state index contributed by atoms with van der Waals surface area (Å²) < 4.78 is 23.8. The van der Waals surface area contributed by atoms with Crippen LogP contribution in [0, 0.1) is 0 Å². The summed E-state index contributed by atoms with van der Waals surface area (Å²) in [5.74, 6) is -0.109. The molecule has 1 heterocycles. The molecule has 1 unspecified atom stereocenters. The minimum absolute atomic E-state index is 0.109.